The summed E-state index contributed by atoms with van der Waals surface area (Å²) in [4.78, 5) is 11.9. The Hall–Kier alpha value is -2.46. The maximum atomic E-state index is 11.9. The van der Waals surface area contributed by atoms with Gasteiger partial charge in [0, 0.05) is 13.0 Å². The number of ether oxygens (including phenoxy) is 4. The first-order valence-electron chi connectivity index (χ1n) is 19.2. The van der Waals surface area contributed by atoms with Gasteiger partial charge in [-0.1, -0.05) is 119 Å². The van der Waals surface area contributed by atoms with Crippen LogP contribution in [0.1, 0.15) is 110 Å². The summed E-state index contributed by atoms with van der Waals surface area (Å²) in [7, 11) is -5.05. The SMILES string of the molecule is CC/C=C\C/C=C\C/C=C\C/C=C\C/C=C\C/C=C\CCCCCCCCCOCC(COC1OC(CO)C(O)C(OS(=O)(=O)O)C1O)OC(=O)CC. The van der Waals surface area contributed by atoms with Crippen LogP contribution in [0.2, 0.25) is 0 Å². The number of hydrogen-bond donors (Lipinski definition) is 4. The zero-order chi connectivity index (χ0) is 39.0. The lowest BCUT2D eigenvalue weighted by molar-refractivity contribution is -0.301. The van der Waals surface area contributed by atoms with Gasteiger partial charge in [-0.25, -0.2) is 4.18 Å². The molecule has 1 heterocycles. The predicted molar refractivity (Wildman–Crippen MR) is 206 cm³/mol. The molecule has 0 spiro atoms. The van der Waals surface area contributed by atoms with Gasteiger partial charge in [0.1, 0.15) is 30.5 Å². The quantitative estimate of drug-likeness (QED) is 0.0252. The van der Waals surface area contributed by atoms with E-state index in [9.17, 15) is 28.5 Å². The molecule has 0 radical (unpaired) electrons. The molecule has 4 N–H and O–H groups in total. The van der Waals surface area contributed by atoms with E-state index in [-0.39, 0.29) is 19.6 Å². The standard InChI is InChI=1S/C40H66O12S/c1-3-5-6-7-8-9-10-11-12-13-14-15-16-17-18-19-20-21-22-23-24-25-26-27-28-29-30-48-32-34(50-36(42)4-2)33-49-40-38(44)39(52-53(45,46)47)37(43)35(31-41)51-40/h5-6,8-9,11-12,14-15,17-18,20-21,34-35,37-41,43-44H,3-4,7,10,13,16,19,22-33H2,1-2H3,(H,45,46,47)/b6-5-,9-8-,12-11-,15-14-,18-17-,21-20-. The summed E-state index contributed by atoms with van der Waals surface area (Å²) >= 11 is 0. The molecule has 6 unspecified atom stereocenters. The van der Waals surface area contributed by atoms with E-state index in [1.165, 1.54) is 19.3 Å². The van der Waals surface area contributed by atoms with Crippen molar-refractivity contribution >= 4 is 16.4 Å². The molecule has 12 nitrogen and oxygen atoms in total. The van der Waals surface area contributed by atoms with Crippen LogP contribution in [0.15, 0.2) is 72.9 Å². The second-order valence-corrected chi connectivity index (χ2v) is 13.8. The Labute approximate surface area is 318 Å². The van der Waals surface area contributed by atoms with Crippen LogP contribution in [-0.4, -0.2) is 97.5 Å². The number of allylic oxidation sites excluding steroid dienone is 12. The van der Waals surface area contributed by atoms with Gasteiger partial charge in [-0.2, -0.15) is 8.42 Å². The third-order valence-corrected chi connectivity index (χ3v) is 8.61. The predicted octanol–water partition coefficient (Wildman–Crippen LogP) is 6.79. The van der Waals surface area contributed by atoms with E-state index in [4.69, 9.17) is 23.5 Å². The highest BCUT2D eigenvalue weighted by atomic mass is 32.3. The van der Waals surface area contributed by atoms with Gasteiger partial charge in [0.05, 0.1) is 19.8 Å². The molecule has 1 rings (SSSR count). The molecule has 13 heteroatoms. The number of carbonyl (C=O) groups excluding carboxylic acids is 1. The molecule has 53 heavy (non-hydrogen) atoms. The van der Waals surface area contributed by atoms with Crippen molar-refractivity contribution in [3.63, 3.8) is 0 Å². The lowest BCUT2D eigenvalue weighted by Crippen LogP contribution is -2.60. The van der Waals surface area contributed by atoms with Gasteiger partial charge in [0.2, 0.25) is 0 Å². The molecule has 1 saturated heterocycles. The number of carbonyl (C=O) groups is 1. The van der Waals surface area contributed by atoms with Crippen molar-refractivity contribution in [1.29, 1.82) is 0 Å². The Morgan fingerprint density at radius 1 is 0.717 bits per heavy atom. The van der Waals surface area contributed by atoms with Gasteiger partial charge in [-0.05, 0) is 57.8 Å². The topological polar surface area (TPSA) is 178 Å². The fourth-order valence-corrected chi connectivity index (χ4v) is 5.75. The number of aliphatic hydroxyl groups excluding tert-OH is 3. The van der Waals surface area contributed by atoms with Crippen molar-refractivity contribution in [2.75, 3.05) is 26.4 Å². The van der Waals surface area contributed by atoms with Crippen LogP contribution in [-0.2, 0) is 38.3 Å². The van der Waals surface area contributed by atoms with Crippen LogP contribution in [0.3, 0.4) is 0 Å². The lowest BCUT2D eigenvalue weighted by Gasteiger charge is -2.41. The maximum absolute atomic E-state index is 11.9. The van der Waals surface area contributed by atoms with Crippen molar-refractivity contribution in [3.8, 4) is 0 Å². The van der Waals surface area contributed by atoms with Crippen molar-refractivity contribution in [1.82, 2.24) is 0 Å². The van der Waals surface area contributed by atoms with E-state index < -0.39 is 59.8 Å². The zero-order valence-electron chi connectivity index (χ0n) is 31.8. The number of esters is 1. The van der Waals surface area contributed by atoms with Crippen molar-refractivity contribution in [2.24, 2.45) is 0 Å². The highest BCUT2D eigenvalue weighted by molar-refractivity contribution is 7.80. The maximum Gasteiger partial charge on any atom is 0.397 e. The third kappa shape index (κ3) is 26.1. The van der Waals surface area contributed by atoms with E-state index in [2.05, 4.69) is 84.0 Å². The normalized spacial score (nSPS) is 22.1. The van der Waals surface area contributed by atoms with Crippen LogP contribution in [0.4, 0.5) is 0 Å². The monoisotopic (exact) mass is 770 g/mol. The molecule has 1 aliphatic heterocycles. The molecule has 0 aromatic carbocycles. The van der Waals surface area contributed by atoms with Crippen molar-refractivity contribution in [3.05, 3.63) is 72.9 Å². The molecule has 0 aromatic rings. The molecule has 0 saturated carbocycles. The third-order valence-electron chi connectivity index (χ3n) is 8.15. The first-order valence-corrected chi connectivity index (χ1v) is 20.6. The summed E-state index contributed by atoms with van der Waals surface area (Å²) in [6, 6.07) is 0. The Morgan fingerprint density at radius 2 is 1.23 bits per heavy atom. The molecular formula is C40H66O12S. The molecule has 0 amide bonds. The van der Waals surface area contributed by atoms with Gasteiger partial charge in [0.15, 0.2) is 6.29 Å². The van der Waals surface area contributed by atoms with Gasteiger partial charge >= 0.3 is 16.4 Å². The Balaban J connectivity index is 2.14. The molecule has 1 aliphatic rings. The highest BCUT2D eigenvalue weighted by Gasteiger charge is 2.48. The van der Waals surface area contributed by atoms with Crippen LogP contribution in [0.5, 0.6) is 0 Å². The van der Waals surface area contributed by atoms with Crippen molar-refractivity contribution < 1.29 is 56.2 Å². The fourth-order valence-electron chi connectivity index (χ4n) is 5.24. The summed E-state index contributed by atoms with van der Waals surface area (Å²) in [5.41, 5.74) is 0. The van der Waals surface area contributed by atoms with Gasteiger partial charge in [-0.15, -0.1) is 0 Å². The smallest absolute Gasteiger partial charge is 0.397 e. The number of aliphatic hydroxyl groups is 3. The molecule has 6 atom stereocenters. The van der Waals surface area contributed by atoms with Crippen LogP contribution in [0, 0.1) is 0 Å². The van der Waals surface area contributed by atoms with E-state index in [1.807, 2.05) is 0 Å². The van der Waals surface area contributed by atoms with Crippen molar-refractivity contribution in [2.45, 2.75) is 147 Å². The fraction of sp³-hybridized carbons (Fsp3) is 0.675. The van der Waals surface area contributed by atoms with E-state index in [1.54, 1.807) is 6.92 Å². The minimum absolute atomic E-state index is 0.0140. The minimum Gasteiger partial charge on any atom is -0.457 e. The Kier molecular flexibility index (Phi) is 29.2. The van der Waals surface area contributed by atoms with E-state index >= 15 is 0 Å². The number of unbranched alkanes of at least 4 members (excludes halogenated alkanes) is 7. The zero-order valence-corrected chi connectivity index (χ0v) is 32.6. The molecule has 0 bridgehead atoms. The van der Waals surface area contributed by atoms with Gasteiger partial charge in [-0.3, -0.25) is 9.35 Å². The molecule has 304 valence electrons. The molecule has 0 aromatic heterocycles. The van der Waals surface area contributed by atoms with Crippen LogP contribution < -0.4 is 0 Å². The Bertz CT molecular complexity index is 1210. The summed E-state index contributed by atoms with van der Waals surface area (Å²) in [6.07, 6.45) is 32.2. The van der Waals surface area contributed by atoms with Gasteiger partial charge < -0.3 is 34.3 Å². The van der Waals surface area contributed by atoms with Crippen LogP contribution in [0.25, 0.3) is 0 Å². The average molecular weight is 771 g/mol. The first kappa shape index (κ1) is 48.6. The summed E-state index contributed by atoms with van der Waals surface area (Å²) in [6.45, 7) is 3.20. The molecule has 0 aliphatic carbocycles. The van der Waals surface area contributed by atoms with Crippen LogP contribution >= 0.6 is 0 Å². The first-order chi connectivity index (χ1) is 25.6. The summed E-state index contributed by atoms with van der Waals surface area (Å²) in [5.74, 6) is -0.496. The largest absolute Gasteiger partial charge is 0.457 e. The van der Waals surface area contributed by atoms with Gasteiger partial charge in [0.25, 0.3) is 0 Å². The molecular weight excluding hydrogens is 704 g/mol. The molecule has 1 fully saturated rings. The second-order valence-electron chi connectivity index (χ2n) is 12.7. The number of rotatable bonds is 31. The summed E-state index contributed by atoms with van der Waals surface area (Å²) < 4.78 is 57.7. The van der Waals surface area contributed by atoms with E-state index in [0.717, 1.165) is 70.6 Å². The highest BCUT2D eigenvalue weighted by Crippen LogP contribution is 2.26. The average Bonchev–Trinajstić information content (AvgIpc) is 3.13. The number of hydrogen-bond acceptors (Lipinski definition) is 11. The minimum atomic E-state index is -5.05. The lowest BCUT2D eigenvalue weighted by atomic mass is 9.99. The van der Waals surface area contributed by atoms with E-state index in [0.29, 0.717) is 6.61 Å². The summed E-state index contributed by atoms with van der Waals surface area (Å²) in [5, 5.41) is 30.1. The second kappa shape index (κ2) is 31.8. The Morgan fingerprint density at radius 3 is 1.74 bits per heavy atom.